The van der Waals surface area contributed by atoms with Crippen molar-refractivity contribution in [2.45, 2.75) is 71.1 Å². The van der Waals surface area contributed by atoms with Gasteiger partial charge in [0.1, 0.15) is 11.4 Å². The second-order valence-electron chi connectivity index (χ2n) is 7.98. The molecule has 0 bridgehead atoms. The summed E-state index contributed by atoms with van der Waals surface area (Å²) in [4.78, 5) is 24.3. The molecule has 0 aliphatic heterocycles. The van der Waals surface area contributed by atoms with E-state index in [1.54, 1.807) is 12.1 Å². The van der Waals surface area contributed by atoms with E-state index in [2.05, 4.69) is 10.6 Å². The minimum Gasteiger partial charge on any atom is -0.444 e. The van der Waals surface area contributed by atoms with Gasteiger partial charge < -0.3 is 15.4 Å². The molecule has 1 fully saturated rings. The lowest BCUT2D eigenvalue weighted by Crippen LogP contribution is -2.43. The number of nitrogens with one attached hydrogen (secondary N) is 2. The Morgan fingerprint density at radius 3 is 2.23 bits per heavy atom. The minimum absolute atomic E-state index is 0.0116. The molecule has 0 spiro atoms. The molecule has 1 aliphatic rings. The van der Waals surface area contributed by atoms with Crippen LogP contribution in [-0.2, 0) is 9.53 Å². The predicted octanol–water partition coefficient (Wildman–Crippen LogP) is 4.09. The number of rotatable bonds is 4. The molecule has 0 radical (unpaired) electrons. The Morgan fingerprint density at radius 2 is 1.69 bits per heavy atom. The summed E-state index contributed by atoms with van der Waals surface area (Å²) in [6.45, 7) is 7.38. The highest BCUT2D eigenvalue weighted by Crippen LogP contribution is 2.26. The molecule has 26 heavy (non-hydrogen) atoms. The van der Waals surface area contributed by atoms with Crippen molar-refractivity contribution in [3.8, 4) is 0 Å². The molecule has 1 aliphatic carbocycles. The van der Waals surface area contributed by atoms with Crippen molar-refractivity contribution < 1.29 is 18.7 Å². The summed E-state index contributed by atoms with van der Waals surface area (Å²) in [6, 6.07) is 6.03. The van der Waals surface area contributed by atoms with E-state index in [1.807, 2.05) is 27.7 Å². The summed E-state index contributed by atoms with van der Waals surface area (Å²) in [7, 11) is 0. The van der Waals surface area contributed by atoms with Crippen LogP contribution in [0.25, 0.3) is 0 Å². The van der Waals surface area contributed by atoms with Crippen molar-refractivity contribution in [3.05, 3.63) is 35.6 Å². The number of halogens is 1. The van der Waals surface area contributed by atoms with Crippen LogP contribution in [0, 0.1) is 11.7 Å². The predicted molar refractivity (Wildman–Crippen MR) is 98.1 cm³/mol. The number of alkyl carbamates (subject to hydrolysis) is 1. The van der Waals surface area contributed by atoms with Crippen LogP contribution < -0.4 is 10.6 Å². The van der Waals surface area contributed by atoms with E-state index in [0.717, 1.165) is 31.2 Å². The lowest BCUT2D eigenvalue weighted by molar-refractivity contribution is -0.126. The highest BCUT2D eigenvalue weighted by molar-refractivity contribution is 5.79. The van der Waals surface area contributed by atoms with E-state index in [0.29, 0.717) is 0 Å². The molecule has 5 nitrogen and oxygen atoms in total. The van der Waals surface area contributed by atoms with Crippen LogP contribution in [0.15, 0.2) is 24.3 Å². The molecule has 0 saturated heterocycles. The second kappa shape index (κ2) is 8.52. The molecular weight excluding hydrogens is 335 g/mol. The zero-order valence-corrected chi connectivity index (χ0v) is 16.0. The van der Waals surface area contributed by atoms with Gasteiger partial charge in [0.2, 0.25) is 5.91 Å². The monoisotopic (exact) mass is 364 g/mol. The Balaban J connectivity index is 1.77. The van der Waals surface area contributed by atoms with Gasteiger partial charge in [0, 0.05) is 12.0 Å². The number of carbonyl (C=O) groups excluding carboxylic acids is 2. The average molecular weight is 364 g/mol. The maximum absolute atomic E-state index is 13.0. The van der Waals surface area contributed by atoms with Gasteiger partial charge in [-0.1, -0.05) is 12.1 Å². The van der Waals surface area contributed by atoms with E-state index in [4.69, 9.17) is 4.74 Å². The van der Waals surface area contributed by atoms with Crippen LogP contribution in [-0.4, -0.2) is 23.6 Å². The quantitative estimate of drug-likeness (QED) is 0.846. The molecule has 144 valence electrons. The smallest absolute Gasteiger partial charge is 0.407 e. The maximum Gasteiger partial charge on any atom is 0.407 e. The topological polar surface area (TPSA) is 67.4 Å². The molecule has 1 aromatic rings. The van der Waals surface area contributed by atoms with Crippen molar-refractivity contribution in [2.24, 2.45) is 5.92 Å². The Bertz CT molecular complexity index is 617. The fourth-order valence-electron chi connectivity index (χ4n) is 3.14. The van der Waals surface area contributed by atoms with Gasteiger partial charge in [0.25, 0.3) is 0 Å². The summed E-state index contributed by atoms with van der Waals surface area (Å²) in [6.07, 6.45) is 2.55. The fraction of sp³-hybridized carbons (Fsp3) is 0.600. The highest BCUT2D eigenvalue weighted by Gasteiger charge is 2.29. The van der Waals surface area contributed by atoms with Gasteiger partial charge in [-0.05, 0) is 71.1 Å². The number of amides is 2. The van der Waals surface area contributed by atoms with Gasteiger partial charge in [-0.3, -0.25) is 4.79 Å². The van der Waals surface area contributed by atoms with Crippen molar-refractivity contribution in [2.75, 3.05) is 0 Å². The molecule has 1 atom stereocenters. The highest BCUT2D eigenvalue weighted by atomic mass is 19.1. The van der Waals surface area contributed by atoms with Gasteiger partial charge in [-0.25, -0.2) is 9.18 Å². The standard InChI is InChI=1S/C20H29FN2O3/c1-13(14-5-9-16(21)10-6-14)22-18(24)15-7-11-17(12-8-15)23-19(25)26-20(2,3)4/h5-6,9-10,13,15,17H,7-8,11-12H2,1-4H3,(H,22,24)(H,23,25)/t13-,15?,17?/m1/s1. The van der Waals surface area contributed by atoms with Gasteiger partial charge in [0.05, 0.1) is 6.04 Å². The third kappa shape index (κ3) is 6.32. The normalized spacial score (nSPS) is 21.6. The molecule has 2 N–H and O–H groups in total. The van der Waals surface area contributed by atoms with Gasteiger partial charge in [0.15, 0.2) is 0 Å². The summed E-state index contributed by atoms with van der Waals surface area (Å²) in [5, 5.41) is 5.88. The van der Waals surface area contributed by atoms with Crippen molar-refractivity contribution in [1.82, 2.24) is 10.6 Å². The third-order valence-corrected chi connectivity index (χ3v) is 4.55. The Labute approximate surface area is 154 Å². The minimum atomic E-state index is -0.516. The van der Waals surface area contributed by atoms with E-state index in [9.17, 15) is 14.0 Å². The van der Waals surface area contributed by atoms with Crippen LogP contribution >= 0.6 is 0 Å². The van der Waals surface area contributed by atoms with Gasteiger partial charge in [-0.15, -0.1) is 0 Å². The number of carbonyl (C=O) groups is 2. The van der Waals surface area contributed by atoms with Crippen LogP contribution in [0.4, 0.5) is 9.18 Å². The zero-order valence-electron chi connectivity index (χ0n) is 16.0. The molecule has 2 amide bonds. The number of ether oxygens (including phenoxy) is 1. The summed E-state index contributed by atoms with van der Waals surface area (Å²) >= 11 is 0. The lowest BCUT2D eigenvalue weighted by atomic mass is 9.85. The fourth-order valence-corrected chi connectivity index (χ4v) is 3.14. The second-order valence-corrected chi connectivity index (χ2v) is 7.98. The third-order valence-electron chi connectivity index (χ3n) is 4.55. The molecule has 1 saturated carbocycles. The summed E-state index contributed by atoms with van der Waals surface area (Å²) < 4.78 is 18.3. The molecular formula is C20H29FN2O3. The molecule has 0 heterocycles. The zero-order chi connectivity index (χ0) is 19.3. The van der Waals surface area contributed by atoms with Gasteiger partial charge >= 0.3 is 6.09 Å². The van der Waals surface area contributed by atoms with Crippen molar-refractivity contribution in [1.29, 1.82) is 0 Å². The van der Waals surface area contributed by atoms with Crippen LogP contribution in [0.2, 0.25) is 0 Å². The van der Waals surface area contributed by atoms with E-state index < -0.39 is 11.7 Å². The first-order valence-corrected chi connectivity index (χ1v) is 9.19. The largest absolute Gasteiger partial charge is 0.444 e. The summed E-state index contributed by atoms with van der Waals surface area (Å²) in [5.41, 5.74) is 0.359. The molecule has 6 heteroatoms. The van der Waals surface area contributed by atoms with Crippen LogP contribution in [0.5, 0.6) is 0 Å². The Hall–Kier alpha value is -2.11. The van der Waals surface area contributed by atoms with E-state index in [-0.39, 0.29) is 29.7 Å². The van der Waals surface area contributed by atoms with Crippen LogP contribution in [0.1, 0.15) is 65.0 Å². The first kappa shape index (κ1) is 20.2. The van der Waals surface area contributed by atoms with Crippen molar-refractivity contribution >= 4 is 12.0 Å². The molecule has 2 rings (SSSR count). The Morgan fingerprint density at radius 1 is 1.12 bits per heavy atom. The average Bonchev–Trinajstić information content (AvgIpc) is 2.54. The van der Waals surface area contributed by atoms with Crippen molar-refractivity contribution in [3.63, 3.8) is 0 Å². The molecule has 0 unspecified atom stereocenters. The first-order valence-electron chi connectivity index (χ1n) is 9.19. The Kier molecular flexibility index (Phi) is 6.62. The summed E-state index contributed by atoms with van der Waals surface area (Å²) in [5.74, 6) is -0.338. The van der Waals surface area contributed by atoms with Crippen LogP contribution in [0.3, 0.4) is 0 Å². The van der Waals surface area contributed by atoms with Gasteiger partial charge in [-0.2, -0.15) is 0 Å². The number of benzene rings is 1. The van der Waals surface area contributed by atoms with E-state index >= 15 is 0 Å². The van der Waals surface area contributed by atoms with E-state index in [1.165, 1.54) is 12.1 Å². The first-order chi connectivity index (χ1) is 12.1. The number of hydrogen-bond donors (Lipinski definition) is 2. The lowest BCUT2D eigenvalue weighted by Gasteiger charge is -2.30. The SMILES string of the molecule is C[C@@H](NC(=O)C1CCC(NC(=O)OC(C)(C)C)CC1)c1ccc(F)cc1. The molecule has 0 aromatic heterocycles. The maximum atomic E-state index is 13.0. The number of hydrogen-bond acceptors (Lipinski definition) is 3. The molecule has 1 aromatic carbocycles.